The average molecular weight is 298 g/mol. The van der Waals surface area contributed by atoms with Gasteiger partial charge in [0.05, 0.1) is 16.6 Å². The predicted octanol–water partition coefficient (Wildman–Crippen LogP) is 2.20. The van der Waals surface area contributed by atoms with Crippen molar-refractivity contribution >= 4 is 5.69 Å². The van der Waals surface area contributed by atoms with E-state index in [0.717, 1.165) is 6.07 Å². The van der Waals surface area contributed by atoms with E-state index in [-0.39, 0.29) is 17.8 Å². The third kappa shape index (κ3) is 3.19. The number of hydrogen-bond donors (Lipinski definition) is 1. The average Bonchev–Trinajstić information content (AvgIpc) is 2.88. The topological polar surface area (TPSA) is 108 Å². The van der Waals surface area contributed by atoms with Gasteiger partial charge in [-0.1, -0.05) is 12.1 Å². The minimum absolute atomic E-state index is 0.192. The number of nitrogens with two attached hydrogens (primary N) is 1. The lowest BCUT2D eigenvalue weighted by Gasteiger charge is -2.02. The predicted molar refractivity (Wildman–Crippen MR) is 68.3 cm³/mol. The zero-order valence-corrected chi connectivity index (χ0v) is 11.0. The number of aromatic nitrogens is 2. The molecule has 0 amide bonds. The van der Waals surface area contributed by atoms with Crippen LogP contribution in [0.2, 0.25) is 0 Å². The molecule has 1 aromatic carbocycles. The van der Waals surface area contributed by atoms with E-state index in [2.05, 4.69) is 10.1 Å². The van der Waals surface area contributed by atoms with Crippen molar-refractivity contribution in [2.45, 2.75) is 25.8 Å². The molecule has 1 unspecified atom stereocenters. The summed E-state index contributed by atoms with van der Waals surface area (Å²) in [5, 5.41) is 14.3. The summed E-state index contributed by atoms with van der Waals surface area (Å²) in [7, 11) is 0. The molecule has 0 saturated heterocycles. The monoisotopic (exact) mass is 298 g/mol. The Morgan fingerprint density at radius 3 is 2.81 bits per heavy atom. The zero-order valence-electron chi connectivity index (χ0n) is 11.0. The molecule has 1 aromatic heterocycles. The molecule has 0 aliphatic rings. The summed E-state index contributed by atoms with van der Waals surface area (Å²) in [4.78, 5) is 13.5. The quantitative estimate of drug-likeness (QED) is 0.669. The molecule has 0 aliphatic carbocycles. The molecule has 1 heterocycles. The zero-order chi connectivity index (χ0) is 15.6. The summed E-state index contributed by atoms with van der Waals surface area (Å²) in [5.74, 6) is -2.29. The van der Waals surface area contributed by atoms with Gasteiger partial charge in [0.1, 0.15) is 5.82 Å². The van der Waals surface area contributed by atoms with Crippen LogP contribution in [0.1, 0.15) is 19.2 Å². The smallest absolute Gasteiger partial charge is 0.308 e. The summed E-state index contributed by atoms with van der Waals surface area (Å²) >= 11 is 0. The maximum absolute atomic E-state index is 14.0. The Hall–Kier alpha value is -2.42. The first-order valence-electron chi connectivity index (χ1n) is 6.14. The van der Waals surface area contributed by atoms with E-state index in [1.165, 1.54) is 0 Å². The number of benzene rings is 1. The number of rotatable bonds is 5. The van der Waals surface area contributed by atoms with Gasteiger partial charge in [-0.25, -0.2) is 4.39 Å². The molecule has 2 N–H and O–H groups in total. The van der Waals surface area contributed by atoms with Crippen LogP contribution < -0.4 is 5.73 Å². The molecule has 0 aliphatic heterocycles. The van der Waals surface area contributed by atoms with Crippen molar-refractivity contribution in [1.29, 1.82) is 0 Å². The van der Waals surface area contributed by atoms with Gasteiger partial charge in [0.15, 0.2) is 5.82 Å². The van der Waals surface area contributed by atoms with Gasteiger partial charge in [-0.2, -0.15) is 9.37 Å². The van der Waals surface area contributed by atoms with Gasteiger partial charge in [0.2, 0.25) is 5.82 Å². The van der Waals surface area contributed by atoms with Crippen molar-refractivity contribution in [3.8, 4) is 11.5 Å². The SMILES string of the molecule is CCC(N)Cc1noc(-c2cc(F)cc([N+](=O)[O-])c2F)n1. The Kier molecular flexibility index (Phi) is 4.22. The standard InChI is InChI=1S/C12H12F2N4O3/c1-2-7(15)5-10-16-12(21-17-10)8-3-6(13)4-9(11(8)14)18(19)20/h3-4,7H,2,5,15H2,1H3. The molecule has 1 atom stereocenters. The number of nitro benzene ring substituents is 1. The highest BCUT2D eigenvalue weighted by Crippen LogP contribution is 2.29. The molecular weight excluding hydrogens is 286 g/mol. The fourth-order valence-corrected chi connectivity index (χ4v) is 1.69. The summed E-state index contributed by atoms with van der Waals surface area (Å²) in [6, 6.07) is 1.06. The Bertz CT molecular complexity index is 675. The van der Waals surface area contributed by atoms with Crippen LogP contribution in [0, 0.1) is 21.7 Å². The number of nitrogens with zero attached hydrogens (tertiary/aromatic N) is 3. The highest BCUT2D eigenvalue weighted by Gasteiger charge is 2.24. The first-order chi connectivity index (χ1) is 9.92. The van der Waals surface area contributed by atoms with Crippen LogP contribution in [0.4, 0.5) is 14.5 Å². The van der Waals surface area contributed by atoms with E-state index in [4.69, 9.17) is 10.3 Å². The maximum atomic E-state index is 14.0. The lowest BCUT2D eigenvalue weighted by Crippen LogP contribution is -2.21. The summed E-state index contributed by atoms with van der Waals surface area (Å²) in [6.07, 6.45) is 0.989. The Morgan fingerprint density at radius 1 is 1.48 bits per heavy atom. The Balaban J connectivity index is 2.40. The molecule has 0 fully saturated rings. The van der Waals surface area contributed by atoms with Gasteiger partial charge in [0.25, 0.3) is 5.89 Å². The lowest BCUT2D eigenvalue weighted by atomic mass is 10.1. The molecule has 0 radical (unpaired) electrons. The van der Waals surface area contributed by atoms with Crippen LogP contribution in [0.3, 0.4) is 0 Å². The van der Waals surface area contributed by atoms with Gasteiger partial charge < -0.3 is 10.3 Å². The molecule has 0 spiro atoms. The van der Waals surface area contributed by atoms with Crippen LogP contribution >= 0.6 is 0 Å². The summed E-state index contributed by atoms with van der Waals surface area (Å²) in [6.45, 7) is 1.88. The highest BCUT2D eigenvalue weighted by molar-refractivity contribution is 5.59. The third-order valence-corrected chi connectivity index (χ3v) is 2.88. The van der Waals surface area contributed by atoms with Gasteiger partial charge in [-0.05, 0) is 12.5 Å². The van der Waals surface area contributed by atoms with Gasteiger partial charge in [0, 0.05) is 12.5 Å². The fourth-order valence-electron chi connectivity index (χ4n) is 1.69. The second-order valence-electron chi connectivity index (χ2n) is 4.43. The van der Waals surface area contributed by atoms with Crippen LogP contribution in [-0.2, 0) is 6.42 Å². The van der Waals surface area contributed by atoms with Crippen molar-refractivity contribution in [3.05, 3.63) is 39.7 Å². The highest BCUT2D eigenvalue weighted by atomic mass is 19.1. The van der Waals surface area contributed by atoms with Gasteiger partial charge >= 0.3 is 5.69 Å². The van der Waals surface area contributed by atoms with E-state index in [0.29, 0.717) is 18.9 Å². The molecule has 21 heavy (non-hydrogen) atoms. The van der Waals surface area contributed by atoms with Crippen molar-refractivity contribution in [2.24, 2.45) is 5.73 Å². The van der Waals surface area contributed by atoms with E-state index in [9.17, 15) is 18.9 Å². The molecule has 112 valence electrons. The maximum Gasteiger partial charge on any atom is 0.308 e. The van der Waals surface area contributed by atoms with Crippen LogP contribution in [0.5, 0.6) is 0 Å². The molecular formula is C12H12F2N4O3. The Labute approximate surface area is 117 Å². The minimum Gasteiger partial charge on any atom is -0.334 e. The largest absolute Gasteiger partial charge is 0.334 e. The van der Waals surface area contributed by atoms with Crippen molar-refractivity contribution in [3.63, 3.8) is 0 Å². The van der Waals surface area contributed by atoms with Crippen LogP contribution in [0.15, 0.2) is 16.7 Å². The summed E-state index contributed by atoms with van der Waals surface area (Å²) < 4.78 is 32.1. The minimum atomic E-state index is -1.23. The molecule has 9 heteroatoms. The normalized spacial score (nSPS) is 12.4. The van der Waals surface area contributed by atoms with Crippen LogP contribution in [0.25, 0.3) is 11.5 Å². The lowest BCUT2D eigenvalue weighted by molar-refractivity contribution is -0.387. The molecule has 7 nitrogen and oxygen atoms in total. The fraction of sp³-hybridized carbons (Fsp3) is 0.333. The number of halogens is 2. The van der Waals surface area contributed by atoms with Gasteiger partial charge in [-0.3, -0.25) is 10.1 Å². The van der Waals surface area contributed by atoms with Crippen molar-refractivity contribution in [1.82, 2.24) is 10.1 Å². The second-order valence-corrected chi connectivity index (χ2v) is 4.43. The number of hydrogen-bond acceptors (Lipinski definition) is 6. The second kappa shape index (κ2) is 5.92. The van der Waals surface area contributed by atoms with Crippen molar-refractivity contribution in [2.75, 3.05) is 0 Å². The first-order valence-corrected chi connectivity index (χ1v) is 6.14. The van der Waals surface area contributed by atoms with Crippen LogP contribution in [-0.4, -0.2) is 21.1 Å². The first kappa shape index (κ1) is 15.0. The van der Waals surface area contributed by atoms with E-state index in [1.807, 2.05) is 6.92 Å². The third-order valence-electron chi connectivity index (χ3n) is 2.88. The molecule has 0 bridgehead atoms. The number of nitro groups is 1. The van der Waals surface area contributed by atoms with Crippen molar-refractivity contribution < 1.29 is 18.2 Å². The molecule has 0 saturated carbocycles. The molecule has 2 rings (SSSR count). The summed E-state index contributed by atoms with van der Waals surface area (Å²) in [5.41, 5.74) is 4.28. The van der Waals surface area contributed by atoms with E-state index in [1.54, 1.807) is 0 Å². The van der Waals surface area contributed by atoms with E-state index >= 15 is 0 Å². The molecule has 2 aromatic rings. The van der Waals surface area contributed by atoms with Gasteiger partial charge in [-0.15, -0.1) is 0 Å². The Morgan fingerprint density at radius 2 is 2.19 bits per heavy atom. The van der Waals surface area contributed by atoms with E-state index < -0.39 is 27.8 Å².